The third-order valence-corrected chi connectivity index (χ3v) is 5.56. The largest absolute Gasteiger partial charge is 0.396 e. The standard InChI is InChI=1S/C26H24F2N4O2/c27-18-9-7-16(8-10-18)17-13-23(30-15-17)25-21(4-2-5-22(25)28)26(34)32-20(11-12-33)14-19-3-1-6-24(29)31-19/h1-10,13,20,33H,11-12,14-15H2,(H2,29,31)(H,32,34)/t20-/m0/s1. The molecule has 2 heterocycles. The molecule has 0 unspecified atom stereocenters. The van der Waals surface area contributed by atoms with E-state index in [2.05, 4.69) is 15.3 Å². The second-order valence-corrected chi connectivity index (χ2v) is 7.98. The summed E-state index contributed by atoms with van der Waals surface area (Å²) in [6.07, 6.45) is 2.37. The molecule has 0 bridgehead atoms. The first kappa shape index (κ1) is 23.3. The van der Waals surface area contributed by atoms with Gasteiger partial charge in [-0.25, -0.2) is 13.8 Å². The van der Waals surface area contributed by atoms with Crippen LogP contribution in [-0.4, -0.2) is 40.9 Å². The van der Waals surface area contributed by atoms with E-state index < -0.39 is 17.8 Å². The molecule has 3 aromatic rings. The number of anilines is 1. The average molecular weight is 463 g/mol. The number of hydrogen-bond donors (Lipinski definition) is 3. The molecule has 1 aliphatic heterocycles. The Morgan fingerprint density at radius 2 is 1.85 bits per heavy atom. The molecule has 1 aromatic heterocycles. The zero-order valence-electron chi connectivity index (χ0n) is 18.3. The summed E-state index contributed by atoms with van der Waals surface area (Å²) in [7, 11) is 0. The van der Waals surface area contributed by atoms with Crippen LogP contribution in [0.1, 0.15) is 33.6 Å². The maximum atomic E-state index is 14.9. The fourth-order valence-electron chi connectivity index (χ4n) is 3.90. The van der Waals surface area contributed by atoms with Gasteiger partial charge in [-0.15, -0.1) is 0 Å². The van der Waals surface area contributed by atoms with Crippen molar-refractivity contribution in [1.29, 1.82) is 0 Å². The number of rotatable bonds is 8. The number of carbonyl (C=O) groups excluding carboxylic acids is 1. The molecule has 0 radical (unpaired) electrons. The summed E-state index contributed by atoms with van der Waals surface area (Å²) in [6, 6.07) is 15.1. The molecule has 174 valence electrons. The zero-order valence-corrected chi connectivity index (χ0v) is 18.3. The Hall–Kier alpha value is -3.91. The molecule has 0 saturated carbocycles. The lowest BCUT2D eigenvalue weighted by Crippen LogP contribution is -2.38. The first-order chi connectivity index (χ1) is 16.4. The van der Waals surface area contributed by atoms with Crippen LogP contribution in [0.3, 0.4) is 0 Å². The zero-order chi connectivity index (χ0) is 24.1. The van der Waals surface area contributed by atoms with Gasteiger partial charge in [0, 0.05) is 30.3 Å². The highest BCUT2D eigenvalue weighted by Gasteiger charge is 2.23. The van der Waals surface area contributed by atoms with E-state index in [-0.39, 0.29) is 23.6 Å². The van der Waals surface area contributed by atoms with Gasteiger partial charge in [0.05, 0.1) is 17.8 Å². The number of allylic oxidation sites excluding steroid dienone is 1. The predicted molar refractivity (Wildman–Crippen MR) is 127 cm³/mol. The number of amides is 1. The van der Waals surface area contributed by atoms with Crippen LogP contribution in [0.25, 0.3) is 5.57 Å². The number of carbonyl (C=O) groups is 1. The van der Waals surface area contributed by atoms with Gasteiger partial charge < -0.3 is 16.2 Å². The van der Waals surface area contributed by atoms with E-state index in [0.29, 0.717) is 36.6 Å². The van der Waals surface area contributed by atoms with E-state index in [0.717, 1.165) is 11.1 Å². The minimum atomic E-state index is -0.570. The van der Waals surface area contributed by atoms with Crippen LogP contribution in [0.15, 0.2) is 71.7 Å². The lowest BCUT2D eigenvalue weighted by Gasteiger charge is -2.19. The van der Waals surface area contributed by atoms with Crippen LogP contribution in [0.4, 0.5) is 14.6 Å². The van der Waals surface area contributed by atoms with Crippen LogP contribution in [0, 0.1) is 11.6 Å². The lowest BCUT2D eigenvalue weighted by atomic mass is 9.98. The molecule has 4 N–H and O–H groups in total. The van der Waals surface area contributed by atoms with Crippen molar-refractivity contribution in [2.24, 2.45) is 4.99 Å². The molecule has 1 amide bonds. The molecule has 8 heteroatoms. The summed E-state index contributed by atoms with van der Waals surface area (Å²) in [4.78, 5) is 21.9. The Kier molecular flexibility index (Phi) is 7.08. The van der Waals surface area contributed by atoms with Crippen LogP contribution in [-0.2, 0) is 6.42 Å². The molecule has 4 rings (SSSR count). The first-order valence-electron chi connectivity index (χ1n) is 10.9. The van der Waals surface area contributed by atoms with Gasteiger partial charge in [0.1, 0.15) is 17.5 Å². The first-order valence-corrected chi connectivity index (χ1v) is 10.9. The average Bonchev–Trinajstić information content (AvgIpc) is 3.29. The highest BCUT2D eigenvalue weighted by molar-refractivity contribution is 6.19. The number of aromatic nitrogens is 1. The number of nitrogens with one attached hydrogen (secondary N) is 1. The van der Waals surface area contributed by atoms with Gasteiger partial charge in [0.25, 0.3) is 5.91 Å². The van der Waals surface area contributed by atoms with Gasteiger partial charge in [0.2, 0.25) is 0 Å². The Morgan fingerprint density at radius 3 is 2.59 bits per heavy atom. The maximum Gasteiger partial charge on any atom is 0.252 e. The molecule has 1 atom stereocenters. The third kappa shape index (κ3) is 5.35. The van der Waals surface area contributed by atoms with Crippen molar-refractivity contribution in [2.45, 2.75) is 18.9 Å². The van der Waals surface area contributed by atoms with Crippen molar-refractivity contribution in [3.05, 3.63) is 101 Å². The van der Waals surface area contributed by atoms with Gasteiger partial charge >= 0.3 is 0 Å². The normalized spacial score (nSPS) is 13.9. The van der Waals surface area contributed by atoms with Crippen molar-refractivity contribution in [3.8, 4) is 0 Å². The van der Waals surface area contributed by atoms with Gasteiger partial charge in [-0.05, 0) is 60.0 Å². The summed E-state index contributed by atoms with van der Waals surface area (Å²) in [5.41, 5.74) is 8.57. The van der Waals surface area contributed by atoms with E-state index in [4.69, 9.17) is 5.73 Å². The Bertz CT molecular complexity index is 1260. The third-order valence-electron chi connectivity index (χ3n) is 5.56. The number of pyridine rings is 1. The molecule has 6 nitrogen and oxygen atoms in total. The monoisotopic (exact) mass is 462 g/mol. The number of nitrogens with two attached hydrogens (primary N) is 1. The van der Waals surface area contributed by atoms with E-state index >= 15 is 0 Å². The van der Waals surface area contributed by atoms with Crippen molar-refractivity contribution >= 4 is 23.0 Å². The Morgan fingerprint density at radius 1 is 1.09 bits per heavy atom. The summed E-state index contributed by atoms with van der Waals surface area (Å²) in [5, 5.41) is 12.4. The number of nitrogen functional groups attached to an aromatic ring is 1. The summed E-state index contributed by atoms with van der Waals surface area (Å²) >= 11 is 0. The van der Waals surface area contributed by atoms with Gasteiger partial charge in [-0.3, -0.25) is 9.79 Å². The Balaban J connectivity index is 1.58. The number of aliphatic hydroxyl groups excluding tert-OH is 1. The van der Waals surface area contributed by atoms with Crippen molar-refractivity contribution in [2.75, 3.05) is 18.9 Å². The van der Waals surface area contributed by atoms with E-state index in [9.17, 15) is 18.7 Å². The second-order valence-electron chi connectivity index (χ2n) is 7.98. The van der Waals surface area contributed by atoms with Crippen LogP contribution in [0.5, 0.6) is 0 Å². The van der Waals surface area contributed by atoms with E-state index in [1.165, 1.54) is 30.3 Å². The number of hydrogen-bond acceptors (Lipinski definition) is 5. The van der Waals surface area contributed by atoms with Crippen LogP contribution < -0.4 is 11.1 Å². The molecule has 2 aromatic carbocycles. The quantitative estimate of drug-likeness (QED) is 0.477. The molecular weight excluding hydrogens is 438 g/mol. The number of nitrogens with zero attached hydrogens (tertiary/aromatic N) is 2. The molecule has 0 fully saturated rings. The number of halogens is 2. The smallest absolute Gasteiger partial charge is 0.252 e. The fourth-order valence-corrected chi connectivity index (χ4v) is 3.90. The highest BCUT2D eigenvalue weighted by Crippen LogP contribution is 2.25. The van der Waals surface area contributed by atoms with Crippen molar-refractivity contribution in [3.63, 3.8) is 0 Å². The molecule has 1 aliphatic rings. The van der Waals surface area contributed by atoms with Crippen LogP contribution >= 0.6 is 0 Å². The highest BCUT2D eigenvalue weighted by atomic mass is 19.1. The minimum Gasteiger partial charge on any atom is -0.396 e. The summed E-state index contributed by atoms with van der Waals surface area (Å²) in [5.74, 6) is -1.04. The number of aliphatic imine (C=N–C) groups is 1. The fraction of sp³-hybridized carbons (Fsp3) is 0.192. The molecule has 0 spiro atoms. The van der Waals surface area contributed by atoms with E-state index in [1.807, 2.05) is 0 Å². The number of aliphatic hydroxyl groups is 1. The molecule has 34 heavy (non-hydrogen) atoms. The SMILES string of the molecule is Nc1cccc(C[C@H](CCO)NC(=O)c2cccc(F)c2C2=NCC(c3ccc(F)cc3)=C2)n1. The Labute approximate surface area is 195 Å². The van der Waals surface area contributed by atoms with Gasteiger partial charge in [0.15, 0.2) is 0 Å². The summed E-state index contributed by atoms with van der Waals surface area (Å²) in [6.45, 7) is 0.157. The van der Waals surface area contributed by atoms with Crippen molar-refractivity contribution < 1.29 is 18.7 Å². The lowest BCUT2D eigenvalue weighted by molar-refractivity contribution is 0.0929. The second kappa shape index (κ2) is 10.4. The maximum absolute atomic E-state index is 14.9. The van der Waals surface area contributed by atoms with Gasteiger partial charge in [-0.1, -0.05) is 24.3 Å². The molecular formula is C26H24F2N4O2. The predicted octanol–water partition coefficient (Wildman–Crippen LogP) is 3.55. The summed E-state index contributed by atoms with van der Waals surface area (Å²) < 4.78 is 28.2. The van der Waals surface area contributed by atoms with Gasteiger partial charge in [-0.2, -0.15) is 0 Å². The van der Waals surface area contributed by atoms with Crippen LogP contribution in [0.2, 0.25) is 0 Å². The molecule has 0 saturated heterocycles. The topological polar surface area (TPSA) is 101 Å². The number of benzene rings is 2. The molecule has 0 aliphatic carbocycles. The van der Waals surface area contributed by atoms with E-state index in [1.54, 1.807) is 36.4 Å². The van der Waals surface area contributed by atoms with Crippen molar-refractivity contribution in [1.82, 2.24) is 10.3 Å². The minimum absolute atomic E-state index is 0.0990.